The Morgan fingerprint density at radius 1 is 1.34 bits per heavy atom. The highest BCUT2D eigenvalue weighted by atomic mass is 32.1. The molecule has 0 atom stereocenters. The molecular formula is C26H44FN5O2S. The second-order valence-corrected chi connectivity index (χ2v) is 6.37. The standard InChI is InChI=1S/C9H11N3S.C9H15NO.C2H4FNO.2C2H6.C2H2/c1-3-5-8(4-2)6-10-9-7-11-13-12-9;1-2-7-5-3-4-6-8(10)9(7)11;1-4(3)2-5;3*1-2/h3-5,7H,1-2,6H2,(H,10,12);6,11H,2-5,10H2,1H3;2H,1H3;2*1-2H3;1-2H/b8-5+;;;;;. The number of carbonyl (C=O) groups excluding carboxylic acids is 1. The lowest BCUT2D eigenvalue weighted by atomic mass is 10.1. The van der Waals surface area contributed by atoms with Crippen LogP contribution in [0.2, 0.25) is 0 Å². The topological polar surface area (TPSA) is 104 Å². The third-order valence-electron chi connectivity index (χ3n) is 3.66. The summed E-state index contributed by atoms with van der Waals surface area (Å²) in [5.74, 6) is 1.12. The van der Waals surface area contributed by atoms with Gasteiger partial charge < -0.3 is 16.2 Å². The van der Waals surface area contributed by atoms with Gasteiger partial charge in [-0.25, -0.2) is 0 Å². The summed E-state index contributed by atoms with van der Waals surface area (Å²) in [7, 11) is 1.02. The van der Waals surface area contributed by atoms with Crippen molar-refractivity contribution in [3.05, 3.63) is 66.3 Å². The quantitative estimate of drug-likeness (QED) is 0.163. The zero-order valence-corrected chi connectivity index (χ0v) is 22.9. The van der Waals surface area contributed by atoms with Crippen molar-refractivity contribution in [2.24, 2.45) is 5.73 Å². The zero-order valence-electron chi connectivity index (χ0n) is 22.1. The third kappa shape index (κ3) is 23.6. The summed E-state index contributed by atoms with van der Waals surface area (Å²) in [6.45, 7) is 18.0. The Morgan fingerprint density at radius 2 is 1.91 bits per heavy atom. The highest BCUT2D eigenvalue weighted by Crippen LogP contribution is 2.21. The minimum atomic E-state index is -0.0556. The third-order valence-corrected chi connectivity index (χ3v) is 4.13. The molecule has 198 valence electrons. The SMILES string of the molecule is C#C.C=C/C=C(\C=C)CNc1cnsn1.CC.CC.CCC1=C(O)C(N)=CCCC1.CN(F)C=O. The van der Waals surface area contributed by atoms with Crippen LogP contribution in [0.1, 0.15) is 60.3 Å². The Balaban J connectivity index is -0.000000197. The van der Waals surface area contributed by atoms with E-state index in [9.17, 15) is 9.59 Å². The highest BCUT2D eigenvalue weighted by molar-refractivity contribution is 6.99. The molecule has 9 heteroatoms. The molecule has 2 rings (SSSR count). The number of hydrogen-bond acceptors (Lipinski definition) is 7. The number of aliphatic hydroxyl groups excluding tert-OH is 1. The van der Waals surface area contributed by atoms with Crippen molar-refractivity contribution >= 4 is 24.0 Å². The first-order chi connectivity index (χ1) is 16.9. The predicted molar refractivity (Wildman–Crippen MR) is 150 cm³/mol. The molecule has 1 aliphatic carbocycles. The lowest BCUT2D eigenvalue weighted by Gasteiger charge is -2.04. The van der Waals surface area contributed by atoms with E-state index in [0.717, 1.165) is 49.7 Å². The lowest BCUT2D eigenvalue weighted by Crippen LogP contribution is -2.02. The van der Waals surface area contributed by atoms with E-state index < -0.39 is 0 Å². The maximum absolute atomic E-state index is 10.9. The first-order valence-electron chi connectivity index (χ1n) is 11.4. The smallest absolute Gasteiger partial charge is 0.237 e. The van der Waals surface area contributed by atoms with Gasteiger partial charge in [-0.05, 0) is 36.8 Å². The van der Waals surface area contributed by atoms with Crippen LogP contribution in [-0.4, -0.2) is 39.0 Å². The van der Waals surface area contributed by atoms with Crippen LogP contribution in [0.3, 0.4) is 0 Å². The molecule has 1 amide bonds. The Hall–Kier alpha value is -3.38. The molecule has 1 aromatic heterocycles. The summed E-state index contributed by atoms with van der Waals surface area (Å²) in [6, 6.07) is 0. The summed E-state index contributed by atoms with van der Waals surface area (Å²) in [5.41, 5.74) is 8.32. The molecule has 1 aliphatic rings. The molecular weight excluding hydrogens is 465 g/mol. The number of nitrogens with zero attached hydrogens (tertiary/aromatic N) is 3. The van der Waals surface area contributed by atoms with E-state index in [4.69, 9.17) is 10.5 Å². The zero-order chi connectivity index (χ0) is 28.1. The van der Waals surface area contributed by atoms with E-state index in [1.54, 1.807) is 18.3 Å². The summed E-state index contributed by atoms with van der Waals surface area (Å²) < 4.78 is 18.8. The molecule has 0 saturated heterocycles. The molecule has 0 aliphatic heterocycles. The predicted octanol–water partition coefficient (Wildman–Crippen LogP) is 6.74. The van der Waals surface area contributed by atoms with Gasteiger partial charge in [0.05, 0.1) is 23.6 Å². The minimum Gasteiger partial charge on any atom is -0.506 e. The van der Waals surface area contributed by atoms with E-state index in [1.807, 2.05) is 46.8 Å². The second-order valence-electron chi connectivity index (χ2n) is 5.82. The maximum atomic E-state index is 10.9. The Kier molecular flexibility index (Phi) is 34.0. The number of halogens is 1. The minimum absolute atomic E-state index is 0.0556. The van der Waals surface area contributed by atoms with Gasteiger partial charge in [0.25, 0.3) is 0 Å². The van der Waals surface area contributed by atoms with Crippen LogP contribution in [-0.2, 0) is 4.79 Å². The van der Waals surface area contributed by atoms with Crippen LogP contribution in [0.25, 0.3) is 0 Å². The summed E-state index contributed by atoms with van der Waals surface area (Å²) in [6.07, 6.45) is 21.1. The number of rotatable bonds is 7. The number of nitrogens with one attached hydrogen (secondary N) is 1. The molecule has 0 bridgehead atoms. The van der Waals surface area contributed by atoms with Gasteiger partial charge in [-0.15, -0.1) is 12.8 Å². The van der Waals surface area contributed by atoms with Gasteiger partial charge in [0, 0.05) is 13.6 Å². The van der Waals surface area contributed by atoms with Crippen molar-refractivity contribution in [2.75, 3.05) is 18.9 Å². The number of allylic oxidation sites excluding steroid dienone is 4. The number of nitrogens with two attached hydrogens (primary N) is 1. The van der Waals surface area contributed by atoms with Crippen LogP contribution in [0.4, 0.5) is 10.3 Å². The fraction of sp³-hybridized carbons (Fsp3) is 0.423. The second kappa shape index (κ2) is 30.6. The highest BCUT2D eigenvalue weighted by Gasteiger charge is 2.09. The summed E-state index contributed by atoms with van der Waals surface area (Å²) in [4.78, 5) is 9.06. The Bertz CT molecular complexity index is 755. The molecule has 1 aromatic rings. The molecule has 35 heavy (non-hydrogen) atoms. The molecule has 7 nitrogen and oxygen atoms in total. The summed E-state index contributed by atoms with van der Waals surface area (Å²) >= 11 is 1.18. The fourth-order valence-corrected chi connectivity index (χ4v) is 2.52. The van der Waals surface area contributed by atoms with Crippen LogP contribution >= 0.6 is 11.7 Å². The lowest BCUT2D eigenvalue weighted by molar-refractivity contribution is -0.128. The molecule has 0 spiro atoms. The van der Waals surface area contributed by atoms with Crippen LogP contribution in [0.15, 0.2) is 66.3 Å². The van der Waals surface area contributed by atoms with E-state index in [1.165, 1.54) is 11.7 Å². The molecule has 1 heterocycles. The summed E-state index contributed by atoms with van der Waals surface area (Å²) in [5, 5.41) is 12.6. The average Bonchev–Trinajstić information content (AvgIpc) is 3.38. The van der Waals surface area contributed by atoms with Gasteiger partial charge in [0.2, 0.25) is 6.41 Å². The van der Waals surface area contributed by atoms with Crippen molar-refractivity contribution in [1.82, 2.24) is 13.9 Å². The van der Waals surface area contributed by atoms with E-state index in [0.29, 0.717) is 18.0 Å². The monoisotopic (exact) mass is 509 g/mol. The Labute approximate surface area is 216 Å². The first-order valence-corrected chi connectivity index (χ1v) is 12.1. The number of terminal acetylenes is 1. The van der Waals surface area contributed by atoms with E-state index >= 15 is 0 Å². The number of amides is 1. The molecule has 0 saturated carbocycles. The molecule has 0 fully saturated rings. The molecule has 0 aromatic carbocycles. The number of aliphatic hydroxyl groups is 1. The molecule has 0 radical (unpaired) electrons. The normalized spacial score (nSPS) is 11.6. The van der Waals surface area contributed by atoms with Crippen LogP contribution in [0.5, 0.6) is 0 Å². The van der Waals surface area contributed by atoms with Gasteiger partial charge >= 0.3 is 0 Å². The van der Waals surface area contributed by atoms with Gasteiger partial charge in [0.15, 0.2) is 5.82 Å². The van der Waals surface area contributed by atoms with Crippen molar-refractivity contribution < 1.29 is 14.4 Å². The van der Waals surface area contributed by atoms with Crippen LogP contribution < -0.4 is 11.1 Å². The van der Waals surface area contributed by atoms with E-state index in [2.05, 4.69) is 40.1 Å². The van der Waals surface area contributed by atoms with Crippen LogP contribution in [0, 0.1) is 12.8 Å². The Morgan fingerprint density at radius 3 is 2.31 bits per heavy atom. The van der Waals surface area contributed by atoms with Crippen molar-refractivity contribution in [2.45, 2.75) is 60.3 Å². The van der Waals surface area contributed by atoms with Gasteiger partial charge in [0.1, 0.15) is 5.76 Å². The number of carbonyl (C=O) groups is 1. The van der Waals surface area contributed by atoms with E-state index in [-0.39, 0.29) is 11.5 Å². The largest absolute Gasteiger partial charge is 0.506 e. The van der Waals surface area contributed by atoms with Gasteiger partial charge in [-0.3, -0.25) is 4.79 Å². The fourth-order valence-electron chi connectivity index (χ4n) is 2.12. The van der Waals surface area contributed by atoms with Crippen molar-refractivity contribution in [3.63, 3.8) is 0 Å². The average molecular weight is 510 g/mol. The molecule has 4 N–H and O–H groups in total. The van der Waals surface area contributed by atoms with Gasteiger partial charge in [-0.2, -0.15) is 13.9 Å². The molecule has 0 unspecified atom stereocenters. The number of aromatic nitrogens is 2. The maximum Gasteiger partial charge on any atom is 0.237 e. The van der Waals surface area contributed by atoms with Crippen molar-refractivity contribution in [3.8, 4) is 12.8 Å². The number of anilines is 1. The first kappa shape index (κ1) is 38.9. The number of hydrogen-bond donors (Lipinski definition) is 3. The van der Waals surface area contributed by atoms with Crippen molar-refractivity contribution in [1.29, 1.82) is 0 Å². The van der Waals surface area contributed by atoms with Gasteiger partial charge in [-0.1, -0.05) is 76.6 Å².